The molecule has 1 atom stereocenters. The van der Waals surface area contributed by atoms with Crippen LogP contribution in [0, 0.1) is 17.2 Å². The summed E-state index contributed by atoms with van der Waals surface area (Å²) in [6.07, 6.45) is 1.21. The van der Waals surface area contributed by atoms with Gasteiger partial charge in [-0.3, -0.25) is 19.3 Å². The second-order valence-corrected chi connectivity index (χ2v) is 4.89. The van der Waals surface area contributed by atoms with E-state index in [1.54, 1.807) is 6.07 Å². The lowest BCUT2D eigenvalue weighted by molar-refractivity contribution is -0.118. The average Bonchev–Trinajstić information content (AvgIpc) is 2.69. The minimum Gasteiger partial charge on any atom is -0.325 e. The number of amides is 3. The highest BCUT2D eigenvalue weighted by molar-refractivity contribution is 6.21. The maximum absolute atomic E-state index is 11.9. The Balaban J connectivity index is 2.21. The second kappa shape index (κ2) is 5.75. The number of nitrogens with one attached hydrogen (secondary N) is 1. The van der Waals surface area contributed by atoms with Crippen LogP contribution >= 0.6 is 0 Å². The Labute approximate surface area is 122 Å². The van der Waals surface area contributed by atoms with E-state index in [-0.39, 0.29) is 11.5 Å². The van der Waals surface area contributed by atoms with E-state index in [4.69, 9.17) is 5.26 Å². The molecule has 3 amide bonds. The second-order valence-electron chi connectivity index (χ2n) is 4.89. The molecule has 2 rings (SSSR count). The molecule has 1 aromatic rings. The van der Waals surface area contributed by atoms with Crippen molar-refractivity contribution >= 4 is 23.4 Å². The molecule has 0 fully saturated rings. The number of rotatable bonds is 4. The van der Waals surface area contributed by atoms with Gasteiger partial charge in [0.1, 0.15) is 5.92 Å². The molecule has 1 aliphatic rings. The highest BCUT2D eigenvalue weighted by Crippen LogP contribution is 2.25. The van der Waals surface area contributed by atoms with Gasteiger partial charge in [0.25, 0.3) is 11.8 Å². The van der Waals surface area contributed by atoms with Crippen LogP contribution in [-0.2, 0) is 4.79 Å². The summed E-state index contributed by atoms with van der Waals surface area (Å²) >= 11 is 0. The van der Waals surface area contributed by atoms with Gasteiger partial charge < -0.3 is 5.32 Å². The molecule has 0 radical (unpaired) electrons. The first-order valence-corrected chi connectivity index (χ1v) is 6.66. The summed E-state index contributed by atoms with van der Waals surface area (Å²) in [6.45, 7) is 1.90. The predicted octanol–water partition coefficient (Wildman–Crippen LogP) is 1.79. The quantitative estimate of drug-likeness (QED) is 0.854. The molecule has 6 nitrogen and oxygen atoms in total. The summed E-state index contributed by atoms with van der Waals surface area (Å²) in [5.74, 6) is -1.86. The van der Waals surface area contributed by atoms with E-state index in [9.17, 15) is 14.4 Å². The largest absolute Gasteiger partial charge is 0.325 e. The van der Waals surface area contributed by atoms with Gasteiger partial charge in [0.05, 0.1) is 17.2 Å². The lowest BCUT2D eigenvalue weighted by Gasteiger charge is -2.09. The fourth-order valence-electron chi connectivity index (χ4n) is 2.21. The molecule has 1 aliphatic heterocycles. The van der Waals surface area contributed by atoms with Crippen molar-refractivity contribution in [3.63, 3.8) is 0 Å². The minimum absolute atomic E-state index is 0.268. The fraction of sp³-hybridized carbons (Fsp3) is 0.333. The van der Waals surface area contributed by atoms with E-state index in [0.717, 1.165) is 11.3 Å². The molecule has 0 saturated carbocycles. The van der Waals surface area contributed by atoms with Crippen LogP contribution in [0.1, 0.15) is 40.5 Å². The Kier molecular flexibility index (Phi) is 4.03. The summed E-state index contributed by atoms with van der Waals surface area (Å²) in [5, 5.41) is 11.6. The fourth-order valence-corrected chi connectivity index (χ4v) is 2.21. The number of benzene rings is 1. The van der Waals surface area contributed by atoms with Gasteiger partial charge in [-0.15, -0.1) is 0 Å². The Morgan fingerprint density at radius 2 is 2.00 bits per heavy atom. The number of carbonyl (C=O) groups is 3. The van der Waals surface area contributed by atoms with Crippen molar-refractivity contribution < 1.29 is 14.4 Å². The smallest absolute Gasteiger partial charge is 0.261 e. The highest BCUT2D eigenvalue weighted by Gasteiger charge is 2.32. The van der Waals surface area contributed by atoms with Crippen LogP contribution in [-0.4, -0.2) is 29.7 Å². The number of anilines is 1. The molecule has 0 aliphatic carbocycles. The molecule has 0 bridgehead atoms. The number of carbonyl (C=O) groups excluding carboxylic acids is 3. The summed E-state index contributed by atoms with van der Waals surface area (Å²) in [7, 11) is 1.41. The Morgan fingerprint density at radius 3 is 2.62 bits per heavy atom. The van der Waals surface area contributed by atoms with Crippen LogP contribution in [0.5, 0.6) is 0 Å². The van der Waals surface area contributed by atoms with Crippen LogP contribution < -0.4 is 5.32 Å². The predicted molar refractivity (Wildman–Crippen MR) is 75.5 cm³/mol. The third-order valence-corrected chi connectivity index (χ3v) is 3.41. The lowest BCUT2D eigenvalue weighted by Crippen LogP contribution is -2.24. The summed E-state index contributed by atoms with van der Waals surface area (Å²) in [5.41, 5.74) is 1.00. The van der Waals surface area contributed by atoms with Gasteiger partial charge in [-0.2, -0.15) is 5.26 Å². The molecule has 6 heteroatoms. The summed E-state index contributed by atoms with van der Waals surface area (Å²) in [4.78, 5) is 36.6. The molecule has 0 saturated heterocycles. The number of hydrogen-bond donors (Lipinski definition) is 1. The Morgan fingerprint density at radius 1 is 1.33 bits per heavy atom. The van der Waals surface area contributed by atoms with Crippen LogP contribution in [0.15, 0.2) is 18.2 Å². The third-order valence-electron chi connectivity index (χ3n) is 3.41. The Hall–Kier alpha value is -2.68. The SMILES string of the molecule is CCCC(C#N)C(=O)Nc1ccc2c(c1)C(=O)N(C)C2=O. The first-order valence-electron chi connectivity index (χ1n) is 6.66. The lowest BCUT2D eigenvalue weighted by atomic mass is 10.0. The molecule has 21 heavy (non-hydrogen) atoms. The van der Waals surface area contributed by atoms with Crippen molar-refractivity contribution in [2.75, 3.05) is 12.4 Å². The summed E-state index contributed by atoms with van der Waals surface area (Å²) in [6, 6.07) is 6.49. The molecule has 1 heterocycles. The van der Waals surface area contributed by atoms with Crippen molar-refractivity contribution in [2.24, 2.45) is 5.92 Å². The van der Waals surface area contributed by atoms with Crippen molar-refractivity contribution in [3.8, 4) is 6.07 Å². The number of imide groups is 1. The summed E-state index contributed by atoms with van der Waals surface area (Å²) < 4.78 is 0. The van der Waals surface area contributed by atoms with E-state index in [2.05, 4.69) is 5.32 Å². The minimum atomic E-state index is -0.719. The molecular formula is C15H15N3O3. The average molecular weight is 285 g/mol. The van der Waals surface area contributed by atoms with E-state index < -0.39 is 17.7 Å². The van der Waals surface area contributed by atoms with E-state index in [0.29, 0.717) is 17.7 Å². The number of fused-ring (bicyclic) bond motifs is 1. The zero-order chi connectivity index (χ0) is 15.6. The van der Waals surface area contributed by atoms with Gasteiger partial charge in [0, 0.05) is 12.7 Å². The molecule has 1 unspecified atom stereocenters. The van der Waals surface area contributed by atoms with E-state index >= 15 is 0 Å². The highest BCUT2D eigenvalue weighted by atomic mass is 16.2. The number of nitriles is 1. The van der Waals surface area contributed by atoms with Gasteiger partial charge in [-0.1, -0.05) is 13.3 Å². The van der Waals surface area contributed by atoms with Crippen molar-refractivity contribution in [1.29, 1.82) is 5.26 Å². The maximum atomic E-state index is 11.9. The van der Waals surface area contributed by atoms with Gasteiger partial charge >= 0.3 is 0 Å². The topological polar surface area (TPSA) is 90.3 Å². The van der Waals surface area contributed by atoms with Gasteiger partial charge in [0.2, 0.25) is 5.91 Å². The van der Waals surface area contributed by atoms with Gasteiger partial charge in [0.15, 0.2) is 0 Å². The normalized spacial score (nSPS) is 14.6. The van der Waals surface area contributed by atoms with Crippen LogP contribution in [0.4, 0.5) is 5.69 Å². The van der Waals surface area contributed by atoms with Gasteiger partial charge in [-0.25, -0.2) is 0 Å². The first kappa shape index (κ1) is 14.7. The Bertz CT molecular complexity index is 661. The standard InChI is InChI=1S/C15H15N3O3/c1-3-4-9(8-16)13(19)17-10-5-6-11-12(7-10)15(21)18(2)14(11)20/h5-7,9H,3-4H2,1-2H3,(H,17,19). The molecule has 1 aromatic carbocycles. The van der Waals surface area contributed by atoms with Crippen molar-refractivity contribution in [3.05, 3.63) is 29.3 Å². The van der Waals surface area contributed by atoms with Gasteiger partial charge in [-0.05, 0) is 24.6 Å². The molecule has 108 valence electrons. The number of nitrogens with zero attached hydrogens (tertiary/aromatic N) is 2. The maximum Gasteiger partial charge on any atom is 0.261 e. The third kappa shape index (κ3) is 2.63. The van der Waals surface area contributed by atoms with Crippen LogP contribution in [0.25, 0.3) is 0 Å². The van der Waals surface area contributed by atoms with Crippen LogP contribution in [0.3, 0.4) is 0 Å². The zero-order valence-corrected chi connectivity index (χ0v) is 11.8. The number of hydrogen-bond acceptors (Lipinski definition) is 4. The first-order chi connectivity index (χ1) is 9.99. The molecule has 1 N–H and O–H groups in total. The van der Waals surface area contributed by atoms with Crippen LogP contribution in [0.2, 0.25) is 0 Å². The van der Waals surface area contributed by atoms with E-state index in [1.165, 1.54) is 19.2 Å². The zero-order valence-electron chi connectivity index (χ0n) is 11.8. The van der Waals surface area contributed by atoms with Crippen molar-refractivity contribution in [2.45, 2.75) is 19.8 Å². The van der Waals surface area contributed by atoms with Crippen molar-refractivity contribution in [1.82, 2.24) is 4.90 Å². The molecule has 0 aromatic heterocycles. The molecule has 0 spiro atoms. The monoisotopic (exact) mass is 285 g/mol. The van der Waals surface area contributed by atoms with E-state index in [1.807, 2.05) is 13.0 Å². The molecular weight excluding hydrogens is 270 g/mol.